The molecule has 0 bridgehead atoms. The van der Waals surface area contributed by atoms with E-state index in [9.17, 15) is 4.79 Å². The van der Waals surface area contributed by atoms with Gasteiger partial charge in [-0.3, -0.25) is 4.79 Å². The Labute approximate surface area is 98.9 Å². The highest BCUT2D eigenvalue weighted by atomic mass is 16.5. The van der Waals surface area contributed by atoms with Crippen LogP contribution in [0.25, 0.3) is 0 Å². The SMILES string of the molecule is COC(=O)C(C)CC(C)NCC1(C)CCC1. The quantitative estimate of drug-likeness (QED) is 0.708. The van der Waals surface area contributed by atoms with Gasteiger partial charge in [0.15, 0.2) is 0 Å². The Bertz CT molecular complexity index is 236. The zero-order valence-electron chi connectivity index (χ0n) is 11.0. The van der Waals surface area contributed by atoms with Crippen LogP contribution in [0.15, 0.2) is 0 Å². The molecule has 1 fully saturated rings. The second-order valence-electron chi connectivity index (χ2n) is 5.61. The largest absolute Gasteiger partial charge is 0.469 e. The summed E-state index contributed by atoms with van der Waals surface area (Å²) in [5.41, 5.74) is 0.503. The molecule has 0 aromatic rings. The molecular formula is C13H25NO2. The predicted molar refractivity (Wildman–Crippen MR) is 65.2 cm³/mol. The number of nitrogens with one attached hydrogen (secondary N) is 1. The van der Waals surface area contributed by atoms with E-state index in [-0.39, 0.29) is 11.9 Å². The number of rotatable bonds is 6. The summed E-state index contributed by atoms with van der Waals surface area (Å²) in [6.07, 6.45) is 4.88. The molecule has 1 aliphatic carbocycles. The normalized spacial score (nSPS) is 22.0. The van der Waals surface area contributed by atoms with Crippen LogP contribution in [-0.4, -0.2) is 25.7 Å². The maximum Gasteiger partial charge on any atom is 0.308 e. The first-order valence-corrected chi connectivity index (χ1v) is 6.28. The fourth-order valence-corrected chi connectivity index (χ4v) is 2.29. The molecular weight excluding hydrogens is 202 g/mol. The maximum absolute atomic E-state index is 11.3. The van der Waals surface area contributed by atoms with Crippen LogP contribution in [0.5, 0.6) is 0 Å². The molecule has 0 amide bonds. The van der Waals surface area contributed by atoms with Crippen LogP contribution in [0.1, 0.15) is 46.5 Å². The highest BCUT2D eigenvalue weighted by Crippen LogP contribution is 2.39. The third-order valence-corrected chi connectivity index (χ3v) is 3.75. The van der Waals surface area contributed by atoms with E-state index in [1.54, 1.807) is 0 Å². The van der Waals surface area contributed by atoms with E-state index in [1.807, 2.05) is 6.92 Å². The van der Waals surface area contributed by atoms with E-state index in [0.29, 0.717) is 11.5 Å². The fourth-order valence-electron chi connectivity index (χ4n) is 2.29. The van der Waals surface area contributed by atoms with Crippen LogP contribution in [0.4, 0.5) is 0 Å². The molecule has 1 aliphatic rings. The predicted octanol–water partition coefficient (Wildman–Crippen LogP) is 2.35. The standard InChI is InChI=1S/C13H25NO2/c1-10(12(15)16-4)8-11(2)14-9-13(3)6-5-7-13/h10-11,14H,5-9H2,1-4H3. The van der Waals surface area contributed by atoms with E-state index in [1.165, 1.54) is 26.4 Å². The Hall–Kier alpha value is -0.570. The summed E-state index contributed by atoms with van der Waals surface area (Å²) in [5.74, 6) is -0.120. The van der Waals surface area contributed by atoms with Crippen LogP contribution < -0.4 is 5.32 Å². The second-order valence-corrected chi connectivity index (χ2v) is 5.61. The van der Waals surface area contributed by atoms with Crippen molar-refractivity contribution in [2.75, 3.05) is 13.7 Å². The van der Waals surface area contributed by atoms with Crippen molar-refractivity contribution >= 4 is 5.97 Å². The van der Waals surface area contributed by atoms with Crippen molar-refractivity contribution in [3.63, 3.8) is 0 Å². The van der Waals surface area contributed by atoms with Gasteiger partial charge < -0.3 is 10.1 Å². The van der Waals surface area contributed by atoms with Gasteiger partial charge in [0.05, 0.1) is 13.0 Å². The fraction of sp³-hybridized carbons (Fsp3) is 0.923. The Balaban J connectivity index is 2.19. The van der Waals surface area contributed by atoms with Crippen molar-refractivity contribution in [2.24, 2.45) is 11.3 Å². The van der Waals surface area contributed by atoms with Gasteiger partial charge in [0.2, 0.25) is 0 Å². The molecule has 1 rings (SSSR count). The lowest BCUT2D eigenvalue weighted by Gasteiger charge is -2.39. The number of hydrogen-bond acceptors (Lipinski definition) is 3. The summed E-state index contributed by atoms with van der Waals surface area (Å²) in [6, 6.07) is 0.381. The molecule has 0 heterocycles. The summed E-state index contributed by atoms with van der Waals surface area (Å²) < 4.78 is 4.72. The minimum atomic E-state index is -0.108. The lowest BCUT2D eigenvalue weighted by Crippen LogP contribution is -2.41. The highest BCUT2D eigenvalue weighted by Gasteiger charge is 2.31. The van der Waals surface area contributed by atoms with Crippen LogP contribution in [0, 0.1) is 11.3 Å². The molecule has 3 nitrogen and oxygen atoms in total. The van der Waals surface area contributed by atoms with Gasteiger partial charge in [-0.25, -0.2) is 0 Å². The van der Waals surface area contributed by atoms with Crippen molar-refractivity contribution in [3.05, 3.63) is 0 Å². The molecule has 1 N–H and O–H groups in total. The maximum atomic E-state index is 11.3. The van der Waals surface area contributed by atoms with Gasteiger partial charge in [-0.1, -0.05) is 20.3 Å². The van der Waals surface area contributed by atoms with Crippen molar-refractivity contribution in [3.8, 4) is 0 Å². The van der Waals surface area contributed by atoms with Crippen LogP contribution >= 0.6 is 0 Å². The first-order valence-electron chi connectivity index (χ1n) is 6.28. The third-order valence-electron chi connectivity index (χ3n) is 3.75. The number of methoxy groups -OCH3 is 1. The smallest absolute Gasteiger partial charge is 0.308 e. The summed E-state index contributed by atoms with van der Waals surface area (Å²) >= 11 is 0. The molecule has 0 spiro atoms. The van der Waals surface area contributed by atoms with Crippen LogP contribution in [-0.2, 0) is 9.53 Å². The summed E-state index contributed by atoms with van der Waals surface area (Å²) in [7, 11) is 1.45. The van der Waals surface area contributed by atoms with Crippen molar-refractivity contribution in [1.82, 2.24) is 5.32 Å². The number of ether oxygens (including phenoxy) is 1. The van der Waals surface area contributed by atoms with Crippen LogP contribution in [0.2, 0.25) is 0 Å². The van der Waals surface area contributed by atoms with Crippen molar-refractivity contribution < 1.29 is 9.53 Å². The Morgan fingerprint density at radius 2 is 2.06 bits per heavy atom. The molecule has 0 radical (unpaired) electrons. The zero-order valence-corrected chi connectivity index (χ0v) is 11.0. The lowest BCUT2D eigenvalue weighted by atomic mass is 9.70. The highest BCUT2D eigenvalue weighted by molar-refractivity contribution is 5.71. The molecule has 16 heavy (non-hydrogen) atoms. The average Bonchev–Trinajstić information content (AvgIpc) is 2.22. The van der Waals surface area contributed by atoms with E-state index < -0.39 is 0 Å². The van der Waals surface area contributed by atoms with E-state index in [4.69, 9.17) is 4.74 Å². The molecule has 0 saturated heterocycles. The van der Waals surface area contributed by atoms with Gasteiger partial charge in [0.1, 0.15) is 0 Å². The monoisotopic (exact) mass is 227 g/mol. The second kappa shape index (κ2) is 5.67. The number of esters is 1. The Kier molecular flexibility index (Phi) is 4.78. The molecule has 94 valence electrons. The first kappa shape index (κ1) is 13.5. The number of hydrogen-bond donors (Lipinski definition) is 1. The zero-order chi connectivity index (χ0) is 12.2. The van der Waals surface area contributed by atoms with Crippen LogP contribution in [0.3, 0.4) is 0 Å². The molecule has 0 aliphatic heterocycles. The van der Waals surface area contributed by atoms with E-state index in [0.717, 1.165) is 13.0 Å². The van der Waals surface area contributed by atoms with E-state index >= 15 is 0 Å². The summed E-state index contributed by atoms with van der Waals surface area (Å²) in [5, 5.41) is 3.53. The molecule has 0 aromatic carbocycles. The molecule has 1 saturated carbocycles. The van der Waals surface area contributed by atoms with Gasteiger partial charge >= 0.3 is 5.97 Å². The third kappa shape index (κ3) is 3.78. The minimum Gasteiger partial charge on any atom is -0.469 e. The molecule has 0 aromatic heterocycles. The molecule has 3 heteroatoms. The van der Waals surface area contributed by atoms with Gasteiger partial charge in [0.25, 0.3) is 0 Å². The average molecular weight is 227 g/mol. The molecule has 2 atom stereocenters. The first-order chi connectivity index (χ1) is 7.47. The van der Waals surface area contributed by atoms with E-state index in [2.05, 4.69) is 19.2 Å². The topological polar surface area (TPSA) is 38.3 Å². The molecule has 2 unspecified atom stereocenters. The summed E-state index contributed by atoms with van der Waals surface area (Å²) in [4.78, 5) is 11.3. The van der Waals surface area contributed by atoms with Gasteiger partial charge in [-0.05, 0) is 31.6 Å². The van der Waals surface area contributed by atoms with Gasteiger partial charge in [-0.2, -0.15) is 0 Å². The lowest BCUT2D eigenvalue weighted by molar-refractivity contribution is -0.145. The number of carbonyl (C=O) groups excluding carboxylic acids is 1. The number of carbonyl (C=O) groups is 1. The van der Waals surface area contributed by atoms with Crippen molar-refractivity contribution in [2.45, 2.75) is 52.5 Å². The minimum absolute atomic E-state index is 0.0123. The summed E-state index contributed by atoms with van der Waals surface area (Å²) in [6.45, 7) is 7.47. The van der Waals surface area contributed by atoms with Gasteiger partial charge in [-0.15, -0.1) is 0 Å². The Morgan fingerprint density at radius 1 is 1.44 bits per heavy atom. The Morgan fingerprint density at radius 3 is 2.50 bits per heavy atom. The van der Waals surface area contributed by atoms with Crippen molar-refractivity contribution in [1.29, 1.82) is 0 Å². The van der Waals surface area contributed by atoms with Gasteiger partial charge in [0, 0.05) is 12.6 Å².